The Morgan fingerprint density at radius 2 is 2.20 bits per heavy atom. The molecule has 0 N–H and O–H groups in total. The van der Waals surface area contributed by atoms with Gasteiger partial charge in [0.25, 0.3) is 0 Å². The first-order valence-corrected chi connectivity index (χ1v) is 5.86. The van der Waals surface area contributed by atoms with E-state index in [1.165, 1.54) is 18.5 Å². The van der Waals surface area contributed by atoms with Crippen molar-refractivity contribution in [2.75, 3.05) is 20.1 Å². The number of hydrogen-bond donors (Lipinski definition) is 0. The predicted molar refractivity (Wildman–Crippen MR) is 67.9 cm³/mol. The summed E-state index contributed by atoms with van der Waals surface area (Å²) in [6.07, 6.45) is 10.1. The molecule has 1 heterocycles. The Kier molecular flexibility index (Phi) is 4.83. The summed E-state index contributed by atoms with van der Waals surface area (Å²) in [5, 5.41) is 0. The molecule has 0 atom stereocenters. The van der Waals surface area contributed by atoms with Crippen molar-refractivity contribution in [2.45, 2.75) is 27.2 Å². The third-order valence-electron chi connectivity index (χ3n) is 2.87. The number of hydrogen-bond acceptors (Lipinski definition) is 1. The molecule has 1 heteroatoms. The summed E-state index contributed by atoms with van der Waals surface area (Å²) >= 11 is 0. The first-order chi connectivity index (χ1) is 7.15. The summed E-state index contributed by atoms with van der Waals surface area (Å²) < 4.78 is 0. The Morgan fingerprint density at radius 1 is 1.47 bits per heavy atom. The van der Waals surface area contributed by atoms with E-state index in [0.717, 1.165) is 6.54 Å². The van der Waals surface area contributed by atoms with Crippen molar-refractivity contribution in [3.8, 4) is 0 Å². The predicted octanol–water partition coefficient (Wildman–Crippen LogP) is 3.41. The minimum atomic E-state index is 0.621. The number of likely N-dealkylation sites (N-methyl/N-ethyl adjacent to an activating group) is 1. The van der Waals surface area contributed by atoms with E-state index in [4.69, 9.17) is 0 Å². The highest BCUT2D eigenvalue weighted by Gasteiger charge is 2.13. The lowest BCUT2D eigenvalue weighted by molar-refractivity contribution is 0.359. The Balaban J connectivity index is 2.81. The summed E-state index contributed by atoms with van der Waals surface area (Å²) in [4.78, 5) is 2.36. The van der Waals surface area contributed by atoms with Crippen molar-refractivity contribution >= 4 is 0 Å². The molecule has 0 fully saturated rings. The molecule has 1 rings (SSSR count). The van der Waals surface area contributed by atoms with Crippen molar-refractivity contribution in [2.24, 2.45) is 5.92 Å². The van der Waals surface area contributed by atoms with Gasteiger partial charge >= 0.3 is 0 Å². The smallest absolute Gasteiger partial charge is 0.0166 e. The molecule has 1 nitrogen and oxygen atoms in total. The summed E-state index contributed by atoms with van der Waals surface area (Å²) in [5.41, 5.74) is 3.04. The fraction of sp³-hybridized carbons (Fsp3) is 0.571. The zero-order valence-electron chi connectivity index (χ0n) is 10.5. The van der Waals surface area contributed by atoms with Crippen molar-refractivity contribution in [1.82, 2.24) is 4.90 Å². The molecular weight excluding hydrogens is 182 g/mol. The van der Waals surface area contributed by atoms with Crippen LogP contribution >= 0.6 is 0 Å². The van der Waals surface area contributed by atoms with E-state index >= 15 is 0 Å². The lowest BCUT2D eigenvalue weighted by Crippen LogP contribution is -2.25. The molecule has 1 aliphatic heterocycles. The van der Waals surface area contributed by atoms with Crippen LogP contribution in [0.4, 0.5) is 0 Å². The minimum Gasteiger partial charge on any atom is -0.302 e. The van der Waals surface area contributed by atoms with Gasteiger partial charge in [0.05, 0.1) is 0 Å². The van der Waals surface area contributed by atoms with E-state index in [9.17, 15) is 0 Å². The molecule has 0 saturated heterocycles. The highest BCUT2D eigenvalue weighted by Crippen LogP contribution is 2.24. The summed E-state index contributed by atoms with van der Waals surface area (Å²) in [6.45, 7) is 8.89. The van der Waals surface area contributed by atoms with Gasteiger partial charge in [-0.3, -0.25) is 0 Å². The summed E-state index contributed by atoms with van der Waals surface area (Å²) in [6, 6.07) is 0. The molecule has 0 aromatic carbocycles. The second kappa shape index (κ2) is 5.92. The first-order valence-electron chi connectivity index (χ1n) is 5.86. The Labute approximate surface area is 94.2 Å². The number of rotatable bonds is 3. The second-order valence-electron chi connectivity index (χ2n) is 4.54. The van der Waals surface area contributed by atoms with E-state index in [2.05, 4.69) is 57.0 Å². The fourth-order valence-corrected chi connectivity index (χ4v) is 1.90. The fourth-order valence-electron chi connectivity index (χ4n) is 1.90. The first kappa shape index (κ1) is 12.3. The zero-order valence-corrected chi connectivity index (χ0v) is 10.5. The largest absolute Gasteiger partial charge is 0.302 e. The molecule has 0 aromatic heterocycles. The second-order valence-corrected chi connectivity index (χ2v) is 4.54. The van der Waals surface area contributed by atoms with Gasteiger partial charge in [-0.2, -0.15) is 0 Å². The Hall–Kier alpha value is -0.820. The third kappa shape index (κ3) is 3.67. The standard InChI is InChI=1S/C14H23N/c1-5-6-7-14(12(2)3)13-8-10-15(4)11-9-13/h5-8,12H,9-11H2,1-4H3/b6-5-,14-7+. The van der Waals surface area contributed by atoms with Crippen LogP contribution in [-0.4, -0.2) is 25.0 Å². The third-order valence-corrected chi connectivity index (χ3v) is 2.87. The van der Waals surface area contributed by atoms with Crippen molar-refractivity contribution < 1.29 is 0 Å². The minimum absolute atomic E-state index is 0.621. The van der Waals surface area contributed by atoms with Crippen LogP contribution in [0.15, 0.2) is 35.5 Å². The highest BCUT2D eigenvalue weighted by molar-refractivity contribution is 5.36. The van der Waals surface area contributed by atoms with Gasteiger partial charge in [0.2, 0.25) is 0 Å². The maximum Gasteiger partial charge on any atom is 0.0166 e. The molecule has 1 aliphatic rings. The summed E-state index contributed by atoms with van der Waals surface area (Å²) in [5.74, 6) is 0.621. The summed E-state index contributed by atoms with van der Waals surface area (Å²) in [7, 11) is 2.18. The van der Waals surface area contributed by atoms with Crippen LogP contribution < -0.4 is 0 Å². The molecule has 0 spiro atoms. The van der Waals surface area contributed by atoms with Crippen LogP contribution in [0.5, 0.6) is 0 Å². The van der Waals surface area contributed by atoms with Gasteiger partial charge in [-0.1, -0.05) is 38.2 Å². The quantitative estimate of drug-likeness (QED) is 0.638. The molecule has 0 aromatic rings. The molecule has 0 bridgehead atoms. The number of allylic oxidation sites excluding steroid dienone is 4. The molecule has 15 heavy (non-hydrogen) atoms. The van der Waals surface area contributed by atoms with Crippen LogP contribution in [0.25, 0.3) is 0 Å². The lowest BCUT2D eigenvalue weighted by Gasteiger charge is -2.25. The van der Waals surface area contributed by atoms with E-state index in [0.29, 0.717) is 5.92 Å². The zero-order chi connectivity index (χ0) is 11.3. The van der Waals surface area contributed by atoms with Gasteiger partial charge in [0, 0.05) is 13.1 Å². The molecule has 0 amide bonds. The molecule has 0 saturated carbocycles. The maximum absolute atomic E-state index is 2.37. The molecule has 0 aliphatic carbocycles. The topological polar surface area (TPSA) is 3.24 Å². The van der Waals surface area contributed by atoms with Gasteiger partial charge in [0.1, 0.15) is 0 Å². The Morgan fingerprint density at radius 3 is 2.67 bits per heavy atom. The SMILES string of the molecule is C/C=C\C=C(\C1=CCN(C)CC1)C(C)C. The van der Waals surface area contributed by atoms with E-state index < -0.39 is 0 Å². The van der Waals surface area contributed by atoms with Crippen LogP contribution in [0.3, 0.4) is 0 Å². The average Bonchev–Trinajstić information content (AvgIpc) is 2.21. The van der Waals surface area contributed by atoms with Gasteiger partial charge in [-0.25, -0.2) is 0 Å². The van der Waals surface area contributed by atoms with Crippen LogP contribution in [0.1, 0.15) is 27.2 Å². The monoisotopic (exact) mass is 205 g/mol. The normalized spacial score (nSPS) is 20.1. The van der Waals surface area contributed by atoms with E-state index in [1.54, 1.807) is 5.57 Å². The molecular formula is C14H23N. The van der Waals surface area contributed by atoms with Crippen molar-refractivity contribution in [3.05, 3.63) is 35.5 Å². The van der Waals surface area contributed by atoms with E-state index in [1.807, 2.05) is 0 Å². The number of nitrogens with zero attached hydrogens (tertiary/aromatic N) is 1. The molecule has 0 unspecified atom stereocenters. The van der Waals surface area contributed by atoms with Crippen LogP contribution in [0.2, 0.25) is 0 Å². The highest BCUT2D eigenvalue weighted by atomic mass is 15.1. The van der Waals surface area contributed by atoms with Crippen molar-refractivity contribution in [1.29, 1.82) is 0 Å². The van der Waals surface area contributed by atoms with Crippen LogP contribution in [0, 0.1) is 5.92 Å². The molecule has 84 valence electrons. The lowest BCUT2D eigenvalue weighted by atomic mass is 9.91. The van der Waals surface area contributed by atoms with E-state index in [-0.39, 0.29) is 0 Å². The van der Waals surface area contributed by atoms with Crippen molar-refractivity contribution in [3.63, 3.8) is 0 Å². The van der Waals surface area contributed by atoms with Gasteiger partial charge in [0.15, 0.2) is 0 Å². The van der Waals surface area contributed by atoms with Gasteiger partial charge in [-0.05, 0) is 37.5 Å². The van der Waals surface area contributed by atoms with Gasteiger partial charge in [-0.15, -0.1) is 0 Å². The Bertz CT molecular complexity index is 282. The van der Waals surface area contributed by atoms with Gasteiger partial charge < -0.3 is 4.90 Å². The molecule has 0 radical (unpaired) electrons. The maximum atomic E-state index is 2.37. The van der Waals surface area contributed by atoms with Crippen LogP contribution in [-0.2, 0) is 0 Å². The average molecular weight is 205 g/mol.